The number of hydrogen-bond acceptors (Lipinski definition) is 3. The van der Waals surface area contributed by atoms with Crippen molar-refractivity contribution in [3.63, 3.8) is 0 Å². The van der Waals surface area contributed by atoms with Gasteiger partial charge in [0.2, 0.25) is 0 Å². The van der Waals surface area contributed by atoms with Gasteiger partial charge in [-0.2, -0.15) is 0 Å². The molecule has 4 heteroatoms. The summed E-state index contributed by atoms with van der Waals surface area (Å²) in [5.41, 5.74) is 1.15. The molecule has 1 atom stereocenters. The normalized spacial score (nSPS) is 15.9. The van der Waals surface area contributed by atoms with Gasteiger partial charge in [0.25, 0.3) is 0 Å². The zero-order valence-corrected chi connectivity index (χ0v) is 10.8. The number of aliphatic hydroxyl groups is 1. The van der Waals surface area contributed by atoms with Crippen LogP contribution in [0.5, 0.6) is 11.5 Å². The molecule has 0 saturated heterocycles. The highest BCUT2D eigenvalue weighted by Crippen LogP contribution is 2.38. The third-order valence-corrected chi connectivity index (χ3v) is 3.10. The summed E-state index contributed by atoms with van der Waals surface area (Å²) in [6.45, 7) is 2.99. The number of fused-ring (bicyclic) bond motifs is 1. The van der Waals surface area contributed by atoms with Crippen LogP contribution < -0.4 is 9.47 Å². The maximum Gasteiger partial charge on any atom is 0.175 e. The maximum atomic E-state index is 9.25. The molecule has 1 aliphatic heterocycles. The smallest absolute Gasteiger partial charge is 0.175 e. The molecule has 0 radical (unpaired) electrons. The highest BCUT2D eigenvalue weighted by molar-refractivity contribution is 9.10. The Morgan fingerprint density at radius 3 is 2.88 bits per heavy atom. The van der Waals surface area contributed by atoms with Crippen LogP contribution in [0, 0.1) is 0 Å². The Morgan fingerprint density at radius 2 is 2.12 bits per heavy atom. The second-order valence-corrected chi connectivity index (χ2v) is 4.84. The summed E-state index contributed by atoms with van der Waals surface area (Å²) < 4.78 is 12.0. The van der Waals surface area contributed by atoms with Crippen LogP contribution in [-0.4, -0.2) is 24.4 Å². The van der Waals surface area contributed by atoms with E-state index in [1.54, 1.807) is 6.92 Å². The first-order chi connectivity index (χ1) is 7.66. The topological polar surface area (TPSA) is 38.7 Å². The Labute approximate surface area is 104 Å². The van der Waals surface area contributed by atoms with Crippen LogP contribution in [0.15, 0.2) is 16.6 Å². The lowest BCUT2D eigenvalue weighted by Gasteiger charge is -2.20. The maximum absolute atomic E-state index is 9.25. The molecular formula is C12H15BrO3. The summed E-state index contributed by atoms with van der Waals surface area (Å²) in [5.74, 6) is 1.58. The lowest BCUT2D eigenvalue weighted by Crippen LogP contribution is -2.16. The second kappa shape index (κ2) is 5.06. The minimum Gasteiger partial charge on any atom is -0.486 e. The Morgan fingerprint density at radius 1 is 1.38 bits per heavy atom. The molecule has 1 unspecified atom stereocenters. The fraction of sp³-hybridized carbons (Fsp3) is 0.500. The van der Waals surface area contributed by atoms with E-state index in [4.69, 9.17) is 9.47 Å². The second-order valence-electron chi connectivity index (χ2n) is 3.99. The summed E-state index contributed by atoms with van der Waals surface area (Å²) in [6, 6.07) is 4.01. The van der Waals surface area contributed by atoms with Gasteiger partial charge in [-0.3, -0.25) is 0 Å². The Bertz CT molecular complexity index is 377. The number of rotatable bonds is 3. The fourth-order valence-electron chi connectivity index (χ4n) is 1.68. The number of aryl methyl sites for hydroxylation is 1. The first-order valence-corrected chi connectivity index (χ1v) is 6.22. The van der Waals surface area contributed by atoms with Gasteiger partial charge in [0.05, 0.1) is 10.6 Å². The van der Waals surface area contributed by atoms with Crippen molar-refractivity contribution in [2.24, 2.45) is 0 Å². The van der Waals surface area contributed by atoms with Gasteiger partial charge in [0, 0.05) is 0 Å². The van der Waals surface area contributed by atoms with Gasteiger partial charge in [-0.15, -0.1) is 0 Å². The van der Waals surface area contributed by atoms with Crippen molar-refractivity contribution in [3.8, 4) is 11.5 Å². The highest BCUT2D eigenvalue weighted by atomic mass is 79.9. The van der Waals surface area contributed by atoms with Crippen LogP contribution in [0.3, 0.4) is 0 Å². The number of aliphatic hydroxyl groups excluding tert-OH is 1. The quantitative estimate of drug-likeness (QED) is 0.928. The van der Waals surface area contributed by atoms with Gasteiger partial charge in [-0.1, -0.05) is 0 Å². The molecule has 1 aliphatic rings. The van der Waals surface area contributed by atoms with Crippen molar-refractivity contribution in [1.82, 2.24) is 0 Å². The summed E-state index contributed by atoms with van der Waals surface area (Å²) in [4.78, 5) is 0. The first-order valence-electron chi connectivity index (χ1n) is 5.43. The van der Waals surface area contributed by atoms with Crippen LogP contribution in [0.25, 0.3) is 0 Å². The van der Waals surface area contributed by atoms with Gasteiger partial charge >= 0.3 is 0 Å². The number of benzene rings is 1. The Hall–Kier alpha value is -0.740. The predicted molar refractivity (Wildman–Crippen MR) is 65.1 cm³/mol. The third-order valence-electron chi connectivity index (χ3n) is 2.51. The first kappa shape index (κ1) is 11.7. The molecule has 0 saturated carbocycles. The summed E-state index contributed by atoms with van der Waals surface area (Å²) in [5, 5.41) is 9.25. The average molecular weight is 287 g/mol. The largest absolute Gasteiger partial charge is 0.486 e. The minimum atomic E-state index is -0.271. The highest BCUT2D eigenvalue weighted by Gasteiger charge is 2.16. The molecule has 1 heterocycles. The molecule has 0 spiro atoms. The molecule has 0 bridgehead atoms. The molecule has 2 rings (SSSR count). The molecule has 1 N–H and O–H groups in total. The van der Waals surface area contributed by atoms with Crippen molar-refractivity contribution in [1.29, 1.82) is 0 Å². The van der Waals surface area contributed by atoms with Gasteiger partial charge < -0.3 is 14.6 Å². The summed E-state index contributed by atoms with van der Waals surface area (Å²) >= 11 is 3.47. The molecule has 0 aliphatic carbocycles. The van der Waals surface area contributed by atoms with Crippen LogP contribution in [-0.2, 0) is 6.42 Å². The lowest BCUT2D eigenvalue weighted by molar-refractivity contribution is 0.169. The van der Waals surface area contributed by atoms with E-state index in [9.17, 15) is 5.11 Å². The van der Waals surface area contributed by atoms with Gasteiger partial charge in [0.15, 0.2) is 11.5 Å². The zero-order valence-electron chi connectivity index (χ0n) is 9.20. The molecular weight excluding hydrogens is 272 g/mol. The Kier molecular flexibility index (Phi) is 3.71. The van der Waals surface area contributed by atoms with Crippen LogP contribution in [0.4, 0.5) is 0 Å². The fourth-order valence-corrected chi connectivity index (χ4v) is 2.29. The zero-order chi connectivity index (χ0) is 11.5. The Balaban J connectivity index is 2.18. The van der Waals surface area contributed by atoms with E-state index in [1.165, 1.54) is 0 Å². The average Bonchev–Trinajstić information content (AvgIpc) is 2.26. The van der Waals surface area contributed by atoms with Crippen LogP contribution >= 0.6 is 15.9 Å². The van der Waals surface area contributed by atoms with Gasteiger partial charge in [0.1, 0.15) is 13.2 Å². The number of ether oxygens (including phenoxy) is 2. The summed E-state index contributed by atoms with van der Waals surface area (Å²) in [6.07, 6.45) is 1.32. The van der Waals surface area contributed by atoms with Crippen LogP contribution in [0.2, 0.25) is 0 Å². The van der Waals surface area contributed by atoms with E-state index in [-0.39, 0.29) is 6.10 Å². The molecule has 1 aromatic rings. The standard InChI is InChI=1S/C12H15BrO3/c1-8(14)2-3-9-6-10(13)12-11(7-9)15-4-5-16-12/h6-8,14H,2-5H2,1H3. The number of halogens is 1. The molecule has 0 amide bonds. The predicted octanol–water partition coefficient (Wildman–Crippen LogP) is 2.53. The van der Waals surface area contributed by atoms with Crippen molar-refractivity contribution in [3.05, 3.63) is 22.2 Å². The minimum absolute atomic E-state index is 0.271. The summed E-state index contributed by atoms with van der Waals surface area (Å²) in [7, 11) is 0. The van der Waals surface area contributed by atoms with E-state index in [0.29, 0.717) is 13.2 Å². The molecule has 0 fully saturated rings. The van der Waals surface area contributed by atoms with E-state index < -0.39 is 0 Å². The molecule has 88 valence electrons. The molecule has 0 aromatic heterocycles. The lowest BCUT2D eigenvalue weighted by atomic mass is 10.1. The molecule has 16 heavy (non-hydrogen) atoms. The van der Waals surface area contributed by atoms with Crippen molar-refractivity contribution in [2.45, 2.75) is 25.9 Å². The van der Waals surface area contributed by atoms with Gasteiger partial charge in [-0.05, 0) is 53.4 Å². The van der Waals surface area contributed by atoms with E-state index >= 15 is 0 Å². The van der Waals surface area contributed by atoms with E-state index in [1.807, 2.05) is 12.1 Å². The SMILES string of the molecule is CC(O)CCc1cc(Br)c2c(c1)OCCO2. The third kappa shape index (κ3) is 2.68. The monoisotopic (exact) mass is 286 g/mol. The van der Waals surface area contributed by atoms with Crippen molar-refractivity contribution in [2.75, 3.05) is 13.2 Å². The van der Waals surface area contributed by atoms with Crippen molar-refractivity contribution < 1.29 is 14.6 Å². The van der Waals surface area contributed by atoms with Crippen LogP contribution in [0.1, 0.15) is 18.9 Å². The molecule has 3 nitrogen and oxygen atoms in total. The van der Waals surface area contributed by atoms with Gasteiger partial charge in [-0.25, -0.2) is 0 Å². The number of hydrogen-bond donors (Lipinski definition) is 1. The van der Waals surface area contributed by atoms with E-state index in [2.05, 4.69) is 15.9 Å². The van der Waals surface area contributed by atoms with Crippen molar-refractivity contribution >= 4 is 15.9 Å². The van der Waals surface area contributed by atoms with E-state index in [0.717, 1.165) is 34.4 Å². The molecule has 1 aromatic carbocycles.